The average molecular weight is 649 g/mol. The van der Waals surface area contributed by atoms with E-state index in [0.717, 1.165) is 48.3 Å². The monoisotopic (exact) mass is 647 g/mol. The number of hydrogen-bond donors (Lipinski definition) is 1. The quantitative estimate of drug-likeness (QED) is 0.171. The van der Waals surface area contributed by atoms with Gasteiger partial charge in [-0.3, -0.25) is 4.90 Å². The Hall–Kier alpha value is -3.82. The Balaban J connectivity index is 1.53. The van der Waals surface area contributed by atoms with Gasteiger partial charge in [-0.2, -0.15) is 0 Å². The molecule has 10 heteroatoms. The number of rotatable bonds is 8. The molecular weight excluding hydrogens is 613 g/mol. The van der Waals surface area contributed by atoms with Gasteiger partial charge in [0.05, 0.1) is 12.6 Å². The lowest BCUT2D eigenvalue weighted by Gasteiger charge is -2.39. The van der Waals surface area contributed by atoms with Crippen molar-refractivity contribution in [3.8, 4) is 11.6 Å². The van der Waals surface area contributed by atoms with E-state index in [1.807, 2.05) is 55.5 Å². The van der Waals surface area contributed by atoms with Gasteiger partial charge in [0.15, 0.2) is 0 Å². The van der Waals surface area contributed by atoms with E-state index in [-0.39, 0.29) is 19.0 Å². The molecule has 0 saturated carbocycles. The van der Waals surface area contributed by atoms with E-state index in [1.165, 1.54) is 0 Å². The van der Waals surface area contributed by atoms with Crippen LogP contribution >= 0.6 is 23.2 Å². The van der Waals surface area contributed by atoms with Crippen LogP contribution in [0.3, 0.4) is 0 Å². The van der Waals surface area contributed by atoms with Gasteiger partial charge in [0, 0.05) is 70.2 Å². The maximum Gasteiger partial charge on any atom is 0.342 e. The second-order valence-corrected chi connectivity index (χ2v) is 12.2. The smallest absolute Gasteiger partial charge is 0.342 e. The fraction of sp³-hybridized carbons (Fsp3) is 0.314. The van der Waals surface area contributed by atoms with Gasteiger partial charge in [-0.25, -0.2) is 9.78 Å². The Bertz CT molecular complexity index is 1880. The van der Waals surface area contributed by atoms with E-state index in [4.69, 9.17) is 37.1 Å². The number of aromatic nitrogens is 1. The molecule has 1 atom stereocenters. The van der Waals surface area contributed by atoms with Crippen molar-refractivity contribution in [2.75, 3.05) is 39.8 Å². The number of benzene rings is 3. The van der Waals surface area contributed by atoms with Crippen LogP contribution in [0.5, 0.6) is 11.6 Å². The van der Waals surface area contributed by atoms with Crippen molar-refractivity contribution < 1.29 is 23.8 Å². The van der Waals surface area contributed by atoms with E-state index in [9.17, 15) is 9.90 Å². The molecule has 8 nitrogen and oxygen atoms in total. The van der Waals surface area contributed by atoms with Crippen molar-refractivity contribution in [3.63, 3.8) is 0 Å². The predicted molar refractivity (Wildman–Crippen MR) is 177 cm³/mol. The third kappa shape index (κ3) is 5.95. The summed E-state index contributed by atoms with van der Waals surface area (Å²) in [7, 11) is 2.10. The van der Waals surface area contributed by atoms with E-state index in [2.05, 4.69) is 21.8 Å². The second-order valence-electron chi connectivity index (χ2n) is 11.4. The molecule has 0 amide bonds. The molecule has 0 aliphatic carbocycles. The van der Waals surface area contributed by atoms with Crippen molar-refractivity contribution in [2.45, 2.75) is 33.4 Å². The number of aryl methyl sites for hydroxylation is 1. The standard InChI is InChI=1S/C35H35Cl2N3O5/c1-5-43-35(42)29-21(3)45-34-25-9-7-6-8-24(25)33(41)31(30(29)34)32(40-14-12-39(4)13-15-40)23-10-11-38-28(18-23)44-19-22-16-26(36)20(2)27(37)17-22/h6-11,16-18,32,41H,5,12-15,19H2,1-4H3. The van der Waals surface area contributed by atoms with Crippen LogP contribution in [0.25, 0.3) is 21.7 Å². The number of halogens is 2. The highest BCUT2D eigenvalue weighted by atomic mass is 35.5. The molecule has 6 rings (SSSR count). The fourth-order valence-electron chi connectivity index (χ4n) is 6.11. The molecule has 2 aromatic heterocycles. The number of esters is 1. The first-order chi connectivity index (χ1) is 21.7. The van der Waals surface area contributed by atoms with Crippen LogP contribution in [0.2, 0.25) is 10.0 Å². The molecule has 0 bridgehead atoms. The van der Waals surface area contributed by atoms with Gasteiger partial charge >= 0.3 is 5.97 Å². The molecule has 1 saturated heterocycles. The van der Waals surface area contributed by atoms with Crippen molar-refractivity contribution in [1.29, 1.82) is 0 Å². The van der Waals surface area contributed by atoms with E-state index in [1.54, 1.807) is 20.0 Å². The maximum absolute atomic E-state index is 13.4. The van der Waals surface area contributed by atoms with Crippen LogP contribution in [0, 0.1) is 13.8 Å². The number of carbonyl (C=O) groups is 1. The first-order valence-corrected chi connectivity index (χ1v) is 15.7. The number of ether oxygens (including phenoxy) is 2. The lowest BCUT2D eigenvalue weighted by molar-refractivity contribution is 0.0526. The molecule has 0 spiro atoms. The number of hydrogen-bond acceptors (Lipinski definition) is 8. The molecular formula is C35H35Cl2N3O5. The summed E-state index contributed by atoms with van der Waals surface area (Å²) in [4.78, 5) is 22.5. The van der Waals surface area contributed by atoms with Crippen LogP contribution < -0.4 is 4.74 Å². The molecule has 1 unspecified atom stereocenters. The topological polar surface area (TPSA) is 88.3 Å². The molecule has 3 aromatic carbocycles. The normalized spacial score (nSPS) is 15.1. The minimum atomic E-state index is -0.490. The molecule has 0 radical (unpaired) electrons. The molecule has 1 fully saturated rings. The number of carbonyl (C=O) groups excluding carboxylic acids is 1. The average Bonchev–Trinajstić information content (AvgIpc) is 3.38. The zero-order valence-corrected chi connectivity index (χ0v) is 27.2. The molecule has 3 heterocycles. The number of fused-ring (bicyclic) bond motifs is 3. The summed E-state index contributed by atoms with van der Waals surface area (Å²) >= 11 is 12.7. The van der Waals surface area contributed by atoms with E-state index < -0.39 is 12.0 Å². The number of piperazine rings is 1. The van der Waals surface area contributed by atoms with Crippen molar-refractivity contribution >= 4 is 50.9 Å². The highest BCUT2D eigenvalue weighted by molar-refractivity contribution is 6.36. The summed E-state index contributed by atoms with van der Waals surface area (Å²) in [6, 6.07) is 14.6. The van der Waals surface area contributed by atoms with Crippen LogP contribution in [0.4, 0.5) is 0 Å². The summed E-state index contributed by atoms with van der Waals surface area (Å²) < 4.78 is 18.0. The van der Waals surface area contributed by atoms with Crippen molar-refractivity contribution in [3.05, 3.63) is 98.4 Å². The van der Waals surface area contributed by atoms with Crippen LogP contribution in [-0.2, 0) is 11.3 Å². The lowest BCUT2D eigenvalue weighted by atomic mass is 9.89. The summed E-state index contributed by atoms with van der Waals surface area (Å²) in [5.74, 6) is 0.448. The summed E-state index contributed by atoms with van der Waals surface area (Å²) in [6.45, 7) is 8.98. The summed E-state index contributed by atoms with van der Waals surface area (Å²) in [5, 5.41) is 15.2. The third-order valence-corrected chi connectivity index (χ3v) is 9.28. The Morgan fingerprint density at radius 3 is 2.42 bits per heavy atom. The predicted octanol–water partition coefficient (Wildman–Crippen LogP) is 7.70. The summed E-state index contributed by atoms with van der Waals surface area (Å²) in [6.07, 6.45) is 1.70. The van der Waals surface area contributed by atoms with Gasteiger partial charge in [-0.05, 0) is 62.7 Å². The van der Waals surface area contributed by atoms with Gasteiger partial charge in [-0.15, -0.1) is 0 Å². The van der Waals surface area contributed by atoms with Crippen LogP contribution in [-0.4, -0.2) is 65.7 Å². The van der Waals surface area contributed by atoms with Crippen molar-refractivity contribution in [1.82, 2.24) is 14.8 Å². The third-order valence-electron chi connectivity index (χ3n) is 8.49. The van der Waals surface area contributed by atoms with Crippen molar-refractivity contribution in [2.24, 2.45) is 0 Å². The van der Waals surface area contributed by atoms with Gasteiger partial charge < -0.3 is 23.9 Å². The number of likely N-dealkylation sites (N-methyl/N-ethyl adjacent to an activating group) is 1. The summed E-state index contributed by atoms with van der Waals surface area (Å²) in [5.41, 5.74) is 3.93. The molecule has 5 aromatic rings. The minimum absolute atomic E-state index is 0.0941. The zero-order valence-electron chi connectivity index (χ0n) is 25.7. The number of furan rings is 1. The number of phenolic OH excluding ortho intramolecular Hbond substituents is 1. The molecule has 234 valence electrons. The Kier molecular flexibility index (Phi) is 8.93. The Morgan fingerprint density at radius 1 is 1.04 bits per heavy atom. The van der Waals surface area contributed by atoms with E-state index in [0.29, 0.717) is 49.2 Å². The van der Waals surface area contributed by atoms with Gasteiger partial charge in [0.2, 0.25) is 5.88 Å². The van der Waals surface area contributed by atoms with Gasteiger partial charge in [-0.1, -0.05) is 47.5 Å². The fourth-order valence-corrected chi connectivity index (χ4v) is 6.64. The molecule has 1 aliphatic rings. The highest BCUT2D eigenvalue weighted by Crippen LogP contribution is 2.47. The Labute approximate surface area is 272 Å². The molecule has 45 heavy (non-hydrogen) atoms. The second kappa shape index (κ2) is 12.9. The lowest BCUT2D eigenvalue weighted by Crippen LogP contribution is -2.46. The van der Waals surface area contributed by atoms with Crippen LogP contribution in [0.15, 0.2) is 59.1 Å². The minimum Gasteiger partial charge on any atom is -0.507 e. The molecule has 1 N–H and O–H groups in total. The van der Waals surface area contributed by atoms with Crippen LogP contribution in [0.1, 0.15) is 51.3 Å². The maximum atomic E-state index is 13.4. The zero-order chi connectivity index (χ0) is 31.8. The first-order valence-electron chi connectivity index (χ1n) is 15.0. The SMILES string of the molecule is CCOC(=O)c1c(C)oc2c1c(C(c1ccnc(OCc3cc(Cl)c(C)c(Cl)c3)c1)N1CCN(C)CC1)c(O)c1ccccc12. The highest BCUT2D eigenvalue weighted by Gasteiger charge is 2.35. The van der Waals surface area contributed by atoms with Gasteiger partial charge in [0.1, 0.15) is 29.3 Å². The number of nitrogens with zero attached hydrogens (tertiary/aromatic N) is 3. The number of phenols is 1. The number of aromatic hydroxyl groups is 1. The first kappa shape index (κ1) is 31.2. The van der Waals surface area contributed by atoms with E-state index >= 15 is 0 Å². The number of pyridine rings is 1. The largest absolute Gasteiger partial charge is 0.507 e. The Morgan fingerprint density at radius 2 is 1.73 bits per heavy atom. The molecule has 1 aliphatic heterocycles. The van der Waals surface area contributed by atoms with Gasteiger partial charge in [0.25, 0.3) is 0 Å².